The molecule has 1 aliphatic heterocycles. The van der Waals surface area contributed by atoms with E-state index in [9.17, 15) is 0 Å². The van der Waals surface area contributed by atoms with Crippen LogP contribution in [-0.4, -0.2) is 25.8 Å². The summed E-state index contributed by atoms with van der Waals surface area (Å²) < 4.78 is 5.44. The van der Waals surface area contributed by atoms with Gasteiger partial charge in [0, 0.05) is 7.11 Å². The van der Waals surface area contributed by atoms with Gasteiger partial charge in [-0.15, -0.1) is 0 Å². The monoisotopic (exact) mass is 199 g/mol. The van der Waals surface area contributed by atoms with Crippen LogP contribution in [0.15, 0.2) is 0 Å². The van der Waals surface area contributed by atoms with Crippen LogP contribution in [0.4, 0.5) is 0 Å². The van der Waals surface area contributed by atoms with Crippen molar-refractivity contribution in [1.29, 1.82) is 0 Å². The first-order valence-electron chi connectivity index (χ1n) is 5.90. The molecule has 0 aromatic carbocycles. The van der Waals surface area contributed by atoms with Crippen LogP contribution < -0.4 is 5.32 Å². The third-order valence-corrected chi connectivity index (χ3v) is 3.36. The molecule has 14 heavy (non-hydrogen) atoms. The molecule has 0 aromatic heterocycles. The van der Waals surface area contributed by atoms with Crippen molar-refractivity contribution in [1.82, 2.24) is 5.32 Å². The molecular formula is C12H25NO. The smallest absolute Gasteiger partial charge is 0.0622 e. The van der Waals surface area contributed by atoms with E-state index in [2.05, 4.69) is 19.2 Å². The Morgan fingerprint density at radius 2 is 2.14 bits per heavy atom. The summed E-state index contributed by atoms with van der Waals surface area (Å²) in [6.07, 6.45) is 6.62. The molecule has 0 amide bonds. The van der Waals surface area contributed by atoms with Crippen molar-refractivity contribution in [2.24, 2.45) is 5.92 Å². The van der Waals surface area contributed by atoms with Crippen LogP contribution in [-0.2, 0) is 4.74 Å². The molecule has 1 heterocycles. The summed E-state index contributed by atoms with van der Waals surface area (Å²) in [4.78, 5) is 0. The van der Waals surface area contributed by atoms with Crippen molar-refractivity contribution in [2.45, 2.75) is 51.6 Å². The maximum atomic E-state index is 5.44. The Morgan fingerprint density at radius 3 is 2.86 bits per heavy atom. The van der Waals surface area contributed by atoms with Gasteiger partial charge in [-0.2, -0.15) is 0 Å². The van der Waals surface area contributed by atoms with E-state index in [1.54, 1.807) is 0 Å². The second-order valence-corrected chi connectivity index (χ2v) is 5.07. The lowest BCUT2D eigenvalue weighted by Crippen LogP contribution is -2.26. The normalized spacial score (nSPS) is 24.6. The number of nitrogens with one attached hydrogen (secondary N) is 1. The summed E-state index contributed by atoms with van der Waals surface area (Å²) in [7, 11) is 1.81. The van der Waals surface area contributed by atoms with Gasteiger partial charge in [0.05, 0.1) is 5.60 Å². The Bertz CT molecular complexity index is 148. The summed E-state index contributed by atoms with van der Waals surface area (Å²) in [5.41, 5.74) is 0.0618. The van der Waals surface area contributed by atoms with E-state index in [4.69, 9.17) is 4.74 Å². The molecule has 0 spiro atoms. The predicted octanol–water partition coefficient (Wildman–Crippen LogP) is 2.58. The first kappa shape index (κ1) is 12.0. The second kappa shape index (κ2) is 5.72. The lowest BCUT2D eigenvalue weighted by molar-refractivity contribution is 0.0102. The molecular weight excluding hydrogens is 174 g/mol. The molecule has 1 unspecified atom stereocenters. The van der Waals surface area contributed by atoms with Gasteiger partial charge in [-0.3, -0.25) is 0 Å². The maximum absolute atomic E-state index is 5.44. The molecule has 84 valence electrons. The highest BCUT2D eigenvalue weighted by Crippen LogP contribution is 2.23. The van der Waals surface area contributed by atoms with E-state index in [1.807, 2.05) is 7.11 Å². The van der Waals surface area contributed by atoms with E-state index in [-0.39, 0.29) is 5.60 Å². The molecule has 2 heteroatoms. The fraction of sp³-hybridized carbons (Fsp3) is 1.00. The summed E-state index contributed by atoms with van der Waals surface area (Å²) in [6, 6.07) is 0. The van der Waals surface area contributed by atoms with Gasteiger partial charge in [-0.25, -0.2) is 0 Å². The zero-order chi connectivity index (χ0) is 10.4. The number of hydrogen-bond donors (Lipinski definition) is 1. The average molecular weight is 199 g/mol. The van der Waals surface area contributed by atoms with Gasteiger partial charge in [0.2, 0.25) is 0 Å². The second-order valence-electron chi connectivity index (χ2n) is 5.07. The predicted molar refractivity (Wildman–Crippen MR) is 60.5 cm³/mol. The Labute approximate surface area is 88.4 Å². The summed E-state index contributed by atoms with van der Waals surface area (Å²) in [6.45, 7) is 6.78. The minimum Gasteiger partial charge on any atom is -0.379 e. The quantitative estimate of drug-likeness (QED) is 0.751. The minimum absolute atomic E-state index is 0.0618. The highest BCUT2D eigenvalue weighted by atomic mass is 16.5. The average Bonchev–Trinajstić information content (AvgIpc) is 2.43. The van der Waals surface area contributed by atoms with Crippen molar-refractivity contribution in [3.63, 3.8) is 0 Å². The van der Waals surface area contributed by atoms with Gasteiger partial charge < -0.3 is 10.1 Å². The SMILES string of the molecule is COC(C)(C)CCC1CCCCNC1. The van der Waals surface area contributed by atoms with Crippen LogP contribution >= 0.6 is 0 Å². The zero-order valence-corrected chi connectivity index (χ0v) is 9.94. The van der Waals surface area contributed by atoms with Crippen LogP contribution in [0, 0.1) is 5.92 Å². The van der Waals surface area contributed by atoms with Crippen LogP contribution in [0.2, 0.25) is 0 Å². The number of methoxy groups -OCH3 is 1. The summed E-state index contributed by atoms with van der Waals surface area (Å²) >= 11 is 0. The molecule has 1 fully saturated rings. The lowest BCUT2D eigenvalue weighted by atomic mass is 9.92. The van der Waals surface area contributed by atoms with Gasteiger partial charge in [-0.1, -0.05) is 6.42 Å². The lowest BCUT2D eigenvalue weighted by Gasteiger charge is -2.25. The van der Waals surface area contributed by atoms with Gasteiger partial charge in [0.15, 0.2) is 0 Å². The van der Waals surface area contributed by atoms with Gasteiger partial charge in [-0.05, 0) is 58.5 Å². The number of ether oxygens (including phenoxy) is 1. The highest BCUT2D eigenvalue weighted by molar-refractivity contribution is 4.73. The van der Waals surface area contributed by atoms with Gasteiger partial charge in [0.1, 0.15) is 0 Å². The standard InChI is InChI=1S/C12H25NO/c1-12(2,14-3)8-7-11-6-4-5-9-13-10-11/h11,13H,4-10H2,1-3H3. The third-order valence-electron chi connectivity index (χ3n) is 3.36. The van der Waals surface area contributed by atoms with Crippen LogP contribution in [0.1, 0.15) is 46.0 Å². The summed E-state index contributed by atoms with van der Waals surface area (Å²) in [5, 5.41) is 3.51. The largest absolute Gasteiger partial charge is 0.379 e. The van der Waals surface area contributed by atoms with E-state index < -0.39 is 0 Å². The van der Waals surface area contributed by atoms with Crippen LogP contribution in [0.25, 0.3) is 0 Å². The number of hydrogen-bond acceptors (Lipinski definition) is 2. The van der Waals surface area contributed by atoms with E-state index in [1.165, 1.54) is 45.2 Å². The van der Waals surface area contributed by atoms with E-state index in [0.29, 0.717) is 0 Å². The first-order valence-corrected chi connectivity index (χ1v) is 5.90. The van der Waals surface area contributed by atoms with Crippen molar-refractivity contribution in [3.8, 4) is 0 Å². The van der Waals surface area contributed by atoms with Crippen molar-refractivity contribution < 1.29 is 4.74 Å². The molecule has 0 aromatic rings. The van der Waals surface area contributed by atoms with Gasteiger partial charge in [0.25, 0.3) is 0 Å². The number of rotatable bonds is 4. The van der Waals surface area contributed by atoms with Crippen molar-refractivity contribution in [2.75, 3.05) is 20.2 Å². The Kier molecular flexibility index (Phi) is 4.90. The molecule has 0 radical (unpaired) electrons. The van der Waals surface area contributed by atoms with E-state index in [0.717, 1.165) is 5.92 Å². The highest BCUT2D eigenvalue weighted by Gasteiger charge is 2.19. The Balaban J connectivity index is 2.22. The molecule has 1 rings (SSSR count). The van der Waals surface area contributed by atoms with Crippen LogP contribution in [0.5, 0.6) is 0 Å². The Hall–Kier alpha value is -0.0800. The molecule has 1 aliphatic rings. The van der Waals surface area contributed by atoms with Gasteiger partial charge >= 0.3 is 0 Å². The molecule has 1 N–H and O–H groups in total. The third kappa shape index (κ3) is 4.43. The summed E-state index contributed by atoms with van der Waals surface area (Å²) in [5.74, 6) is 0.868. The maximum Gasteiger partial charge on any atom is 0.0622 e. The molecule has 1 saturated heterocycles. The Morgan fingerprint density at radius 1 is 1.36 bits per heavy atom. The minimum atomic E-state index is 0.0618. The zero-order valence-electron chi connectivity index (χ0n) is 9.94. The molecule has 0 bridgehead atoms. The first-order chi connectivity index (χ1) is 6.64. The van der Waals surface area contributed by atoms with Crippen molar-refractivity contribution in [3.05, 3.63) is 0 Å². The molecule has 1 atom stereocenters. The van der Waals surface area contributed by atoms with E-state index >= 15 is 0 Å². The molecule has 2 nitrogen and oxygen atoms in total. The molecule has 0 aliphatic carbocycles. The fourth-order valence-electron chi connectivity index (χ4n) is 1.99. The van der Waals surface area contributed by atoms with Crippen molar-refractivity contribution >= 4 is 0 Å². The molecule has 0 saturated carbocycles. The van der Waals surface area contributed by atoms with Crippen LogP contribution in [0.3, 0.4) is 0 Å². The topological polar surface area (TPSA) is 21.3 Å². The fourth-order valence-corrected chi connectivity index (χ4v) is 1.99.